The number of pyridine rings is 1. The number of methoxy groups -OCH3 is 1. The van der Waals surface area contributed by atoms with Gasteiger partial charge >= 0.3 is 5.97 Å². The molecule has 4 rings (SSSR count). The van der Waals surface area contributed by atoms with Crippen molar-refractivity contribution in [2.75, 3.05) is 63.5 Å². The summed E-state index contributed by atoms with van der Waals surface area (Å²) in [5, 5.41) is 3.26. The molecule has 184 valence electrons. The van der Waals surface area contributed by atoms with Crippen LogP contribution in [0.1, 0.15) is 17.3 Å². The molecule has 0 amide bonds. The van der Waals surface area contributed by atoms with E-state index in [0.717, 1.165) is 28.4 Å². The quantitative estimate of drug-likeness (QED) is 0.344. The molecule has 2 aromatic heterocycles. The fourth-order valence-electron chi connectivity index (χ4n) is 3.60. The van der Waals surface area contributed by atoms with Crippen LogP contribution >= 0.6 is 0 Å². The SMILES string of the molecule is CCOC(=O)c1cncc(-c2cnc(Nc3cccc(OCCOC)c3)nc2N2CCOCC2)c1. The summed E-state index contributed by atoms with van der Waals surface area (Å²) in [5.74, 6) is 1.49. The summed E-state index contributed by atoms with van der Waals surface area (Å²) >= 11 is 0. The van der Waals surface area contributed by atoms with Gasteiger partial charge in [0, 0.05) is 61.7 Å². The van der Waals surface area contributed by atoms with Crippen molar-refractivity contribution in [1.82, 2.24) is 15.0 Å². The first-order chi connectivity index (χ1) is 17.2. The van der Waals surface area contributed by atoms with Crippen LogP contribution in [-0.2, 0) is 14.2 Å². The molecule has 0 atom stereocenters. The molecule has 1 fully saturated rings. The zero-order valence-electron chi connectivity index (χ0n) is 19.9. The summed E-state index contributed by atoms with van der Waals surface area (Å²) in [7, 11) is 1.64. The molecular weight excluding hydrogens is 450 g/mol. The van der Waals surface area contributed by atoms with E-state index in [4.69, 9.17) is 23.9 Å². The fraction of sp³-hybridized carbons (Fsp3) is 0.360. The number of ether oxygens (including phenoxy) is 4. The van der Waals surface area contributed by atoms with Crippen LogP contribution in [0.3, 0.4) is 0 Å². The molecule has 3 heterocycles. The molecule has 0 aliphatic carbocycles. The third kappa shape index (κ3) is 6.43. The van der Waals surface area contributed by atoms with Gasteiger partial charge in [0.25, 0.3) is 0 Å². The lowest BCUT2D eigenvalue weighted by Crippen LogP contribution is -2.37. The normalized spacial score (nSPS) is 13.4. The molecule has 10 heteroatoms. The van der Waals surface area contributed by atoms with Crippen LogP contribution in [0.4, 0.5) is 17.5 Å². The maximum absolute atomic E-state index is 12.2. The third-order valence-electron chi connectivity index (χ3n) is 5.29. The molecule has 3 aromatic rings. The van der Waals surface area contributed by atoms with Gasteiger partial charge in [0.2, 0.25) is 5.95 Å². The second kappa shape index (κ2) is 12.1. The number of esters is 1. The highest BCUT2D eigenvalue weighted by Gasteiger charge is 2.20. The first-order valence-corrected chi connectivity index (χ1v) is 11.5. The van der Waals surface area contributed by atoms with Crippen molar-refractivity contribution >= 4 is 23.4 Å². The van der Waals surface area contributed by atoms with Gasteiger partial charge in [-0.3, -0.25) is 4.98 Å². The van der Waals surface area contributed by atoms with Crippen LogP contribution in [-0.4, -0.2) is 74.2 Å². The molecular formula is C25H29N5O5. The van der Waals surface area contributed by atoms with E-state index in [1.54, 1.807) is 32.5 Å². The number of hydrogen-bond acceptors (Lipinski definition) is 10. The lowest BCUT2D eigenvalue weighted by atomic mass is 10.1. The largest absolute Gasteiger partial charge is 0.491 e. The number of morpholine rings is 1. The molecule has 0 saturated carbocycles. The van der Waals surface area contributed by atoms with Crippen LogP contribution in [0.2, 0.25) is 0 Å². The second-order valence-electron chi connectivity index (χ2n) is 7.71. The zero-order chi connectivity index (χ0) is 24.5. The van der Waals surface area contributed by atoms with E-state index in [1.807, 2.05) is 24.3 Å². The Morgan fingerprint density at radius 1 is 1.14 bits per heavy atom. The predicted octanol–water partition coefficient (Wildman–Crippen LogP) is 3.32. The molecule has 1 aromatic carbocycles. The van der Waals surface area contributed by atoms with Crippen molar-refractivity contribution in [3.8, 4) is 16.9 Å². The Labute approximate surface area is 204 Å². The smallest absolute Gasteiger partial charge is 0.339 e. The Kier molecular flexibility index (Phi) is 8.42. The Morgan fingerprint density at radius 3 is 2.80 bits per heavy atom. The number of benzene rings is 1. The summed E-state index contributed by atoms with van der Waals surface area (Å²) in [6.07, 6.45) is 4.93. The van der Waals surface area contributed by atoms with Gasteiger partial charge in [0.15, 0.2) is 0 Å². The highest BCUT2D eigenvalue weighted by molar-refractivity contribution is 5.91. The summed E-state index contributed by atoms with van der Waals surface area (Å²) < 4.78 is 21.4. The zero-order valence-corrected chi connectivity index (χ0v) is 19.9. The molecule has 35 heavy (non-hydrogen) atoms. The molecule has 0 spiro atoms. The fourth-order valence-corrected chi connectivity index (χ4v) is 3.60. The number of nitrogens with one attached hydrogen (secondary N) is 1. The maximum atomic E-state index is 12.2. The number of carbonyl (C=O) groups excluding carboxylic acids is 1. The summed E-state index contributed by atoms with van der Waals surface area (Å²) in [4.78, 5) is 28.0. The Bertz CT molecular complexity index is 1140. The number of nitrogens with zero attached hydrogens (tertiary/aromatic N) is 4. The van der Waals surface area contributed by atoms with Crippen LogP contribution in [0.5, 0.6) is 5.75 Å². The van der Waals surface area contributed by atoms with Gasteiger partial charge in [-0.25, -0.2) is 9.78 Å². The van der Waals surface area contributed by atoms with Crippen molar-refractivity contribution in [2.45, 2.75) is 6.92 Å². The van der Waals surface area contributed by atoms with Gasteiger partial charge in [-0.2, -0.15) is 4.98 Å². The van der Waals surface area contributed by atoms with E-state index < -0.39 is 5.97 Å². The topological polar surface area (TPSA) is 108 Å². The second-order valence-corrected chi connectivity index (χ2v) is 7.71. The van der Waals surface area contributed by atoms with Gasteiger partial charge in [0.05, 0.1) is 32.0 Å². The lowest BCUT2D eigenvalue weighted by molar-refractivity contribution is 0.0526. The highest BCUT2D eigenvalue weighted by Crippen LogP contribution is 2.31. The Hall–Kier alpha value is -3.76. The molecule has 1 N–H and O–H groups in total. The lowest BCUT2D eigenvalue weighted by Gasteiger charge is -2.29. The molecule has 1 saturated heterocycles. The molecule has 1 aliphatic heterocycles. The van der Waals surface area contributed by atoms with Crippen molar-refractivity contribution in [3.05, 3.63) is 54.5 Å². The standard InChI is InChI=1S/C25H29N5O5/c1-3-34-24(31)19-13-18(15-26-16-19)22-17-27-25(29-23(22)30-7-9-33-10-8-30)28-20-5-4-6-21(14-20)35-12-11-32-2/h4-6,13-17H,3,7-12H2,1-2H3,(H,27,28,29). The highest BCUT2D eigenvalue weighted by atomic mass is 16.5. The van der Waals surface area contributed by atoms with Crippen LogP contribution in [0, 0.1) is 0 Å². The number of aromatic nitrogens is 3. The van der Waals surface area contributed by atoms with E-state index in [0.29, 0.717) is 57.6 Å². The van der Waals surface area contributed by atoms with Gasteiger partial charge in [-0.05, 0) is 25.1 Å². The Balaban J connectivity index is 1.63. The number of carbonyl (C=O) groups is 1. The van der Waals surface area contributed by atoms with Crippen molar-refractivity contribution in [1.29, 1.82) is 0 Å². The van der Waals surface area contributed by atoms with Crippen LogP contribution in [0.25, 0.3) is 11.1 Å². The monoisotopic (exact) mass is 479 g/mol. The minimum atomic E-state index is -0.415. The Morgan fingerprint density at radius 2 is 2.00 bits per heavy atom. The van der Waals surface area contributed by atoms with E-state index in [-0.39, 0.29) is 0 Å². The van der Waals surface area contributed by atoms with Crippen molar-refractivity contribution < 1.29 is 23.7 Å². The first kappa shape index (κ1) is 24.4. The van der Waals surface area contributed by atoms with Crippen LogP contribution in [0.15, 0.2) is 48.9 Å². The van der Waals surface area contributed by atoms with E-state index >= 15 is 0 Å². The van der Waals surface area contributed by atoms with Crippen molar-refractivity contribution in [3.63, 3.8) is 0 Å². The van der Waals surface area contributed by atoms with E-state index in [9.17, 15) is 4.79 Å². The number of hydrogen-bond donors (Lipinski definition) is 1. The van der Waals surface area contributed by atoms with Gasteiger partial charge in [-0.15, -0.1) is 0 Å². The van der Waals surface area contributed by atoms with Gasteiger partial charge in [0.1, 0.15) is 18.2 Å². The summed E-state index contributed by atoms with van der Waals surface area (Å²) in [6.45, 7) is 5.64. The summed E-state index contributed by atoms with van der Waals surface area (Å²) in [5.41, 5.74) is 2.68. The average Bonchev–Trinajstić information content (AvgIpc) is 2.90. The van der Waals surface area contributed by atoms with Crippen molar-refractivity contribution in [2.24, 2.45) is 0 Å². The van der Waals surface area contributed by atoms with E-state index in [2.05, 4.69) is 20.2 Å². The predicted molar refractivity (Wildman–Crippen MR) is 131 cm³/mol. The number of rotatable bonds is 10. The molecule has 1 aliphatic rings. The minimum absolute atomic E-state index is 0.296. The summed E-state index contributed by atoms with van der Waals surface area (Å²) in [6, 6.07) is 9.33. The van der Waals surface area contributed by atoms with Gasteiger partial charge < -0.3 is 29.2 Å². The molecule has 10 nitrogen and oxygen atoms in total. The van der Waals surface area contributed by atoms with E-state index in [1.165, 1.54) is 6.20 Å². The third-order valence-corrected chi connectivity index (χ3v) is 5.29. The molecule has 0 bridgehead atoms. The molecule has 0 radical (unpaired) electrons. The maximum Gasteiger partial charge on any atom is 0.339 e. The van der Waals surface area contributed by atoms with Gasteiger partial charge in [-0.1, -0.05) is 6.07 Å². The minimum Gasteiger partial charge on any atom is -0.491 e. The first-order valence-electron chi connectivity index (χ1n) is 11.5. The number of anilines is 3. The molecule has 0 unspecified atom stereocenters. The average molecular weight is 480 g/mol. The van der Waals surface area contributed by atoms with Crippen LogP contribution < -0.4 is 15.0 Å².